The average Bonchev–Trinajstić information content (AvgIpc) is 2.58. The van der Waals surface area contributed by atoms with Gasteiger partial charge >= 0.3 is 0 Å². The molecular weight excluding hydrogens is 166 g/mol. The number of nitrogens with zero attached hydrogens (tertiary/aromatic N) is 3. The summed E-state index contributed by atoms with van der Waals surface area (Å²) in [5.41, 5.74) is 5.69. The first kappa shape index (κ1) is 10.1. The molecule has 5 nitrogen and oxygen atoms in total. The van der Waals surface area contributed by atoms with E-state index in [9.17, 15) is 0 Å². The summed E-state index contributed by atoms with van der Waals surface area (Å²) in [6.45, 7) is 7.11. The van der Waals surface area contributed by atoms with Gasteiger partial charge in [0.25, 0.3) is 0 Å². The summed E-state index contributed by atoms with van der Waals surface area (Å²) in [6, 6.07) is 0. The minimum absolute atomic E-state index is 0.231. The predicted molar refractivity (Wildman–Crippen MR) is 50.0 cm³/mol. The summed E-state index contributed by atoms with van der Waals surface area (Å²) in [4.78, 5) is 0. The van der Waals surface area contributed by atoms with Crippen molar-refractivity contribution in [3.8, 4) is 0 Å². The zero-order chi connectivity index (χ0) is 9.84. The molecule has 0 spiro atoms. The summed E-state index contributed by atoms with van der Waals surface area (Å²) in [5, 5.41) is 13.8. The van der Waals surface area contributed by atoms with Crippen molar-refractivity contribution < 1.29 is 0 Å². The molecule has 0 bridgehead atoms. The fraction of sp³-hybridized carbons (Fsp3) is 0.875. The van der Waals surface area contributed by atoms with Crippen molar-refractivity contribution >= 4 is 0 Å². The van der Waals surface area contributed by atoms with E-state index >= 15 is 0 Å². The van der Waals surface area contributed by atoms with Crippen molar-refractivity contribution in [3.05, 3.63) is 5.82 Å². The summed E-state index contributed by atoms with van der Waals surface area (Å²) < 4.78 is 0. The van der Waals surface area contributed by atoms with Crippen molar-refractivity contribution in [2.24, 2.45) is 17.6 Å². The Kier molecular flexibility index (Phi) is 3.36. The number of hydrogen-bond donors (Lipinski definition) is 2. The Morgan fingerprint density at radius 3 is 2.46 bits per heavy atom. The highest BCUT2D eigenvalue weighted by Crippen LogP contribution is 2.25. The standard InChI is InChI=1S/C8H17N5/c1-5(2)6(3)7(4-9)8-10-12-13-11-8/h5-7H,4,9H2,1-3H3,(H,10,11,12,13). The number of aromatic amines is 1. The third-order valence-corrected chi connectivity index (χ3v) is 2.65. The van der Waals surface area contributed by atoms with Gasteiger partial charge in [0.05, 0.1) is 0 Å². The van der Waals surface area contributed by atoms with E-state index in [1.165, 1.54) is 0 Å². The van der Waals surface area contributed by atoms with Crippen LogP contribution in [-0.2, 0) is 0 Å². The molecule has 1 rings (SSSR count). The van der Waals surface area contributed by atoms with E-state index in [2.05, 4.69) is 41.4 Å². The molecule has 0 saturated carbocycles. The van der Waals surface area contributed by atoms with Crippen LogP contribution >= 0.6 is 0 Å². The van der Waals surface area contributed by atoms with Crippen LogP contribution in [0.1, 0.15) is 32.5 Å². The van der Waals surface area contributed by atoms with Gasteiger partial charge in [0.15, 0.2) is 5.82 Å². The molecule has 5 heteroatoms. The van der Waals surface area contributed by atoms with Crippen LogP contribution in [0, 0.1) is 11.8 Å². The molecule has 0 aliphatic carbocycles. The fourth-order valence-electron chi connectivity index (χ4n) is 1.36. The Morgan fingerprint density at radius 2 is 2.08 bits per heavy atom. The van der Waals surface area contributed by atoms with Gasteiger partial charge in [0.1, 0.15) is 0 Å². The number of tetrazole rings is 1. The molecular formula is C8H17N5. The Hall–Kier alpha value is -0.970. The van der Waals surface area contributed by atoms with Gasteiger partial charge in [0.2, 0.25) is 0 Å². The van der Waals surface area contributed by atoms with Crippen molar-refractivity contribution in [2.45, 2.75) is 26.7 Å². The molecule has 13 heavy (non-hydrogen) atoms. The molecule has 0 aromatic carbocycles. The van der Waals surface area contributed by atoms with Crippen LogP contribution in [0.15, 0.2) is 0 Å². The molecule has 2 atom stereocenters. The number of aromatic nitrogens is 4. The van der Waals surface area contributed by atoms with Crippen LogP contribution in [0.2, 0.25) is 0 Å². The lowest BCUT2D eigenvalue weighted by Crippen LogP contribution is -2.24. The third-order valence-electron chi connectivity index (χ3n) is 2.65. The smallest absolute Gasteiger partial charge is 0.153 e. The van der Waals surface area contributed by atoms with Gasteiger partial charge in [-0.3, -0.25) is 0 Å². The molecule has 1 heterocycles. The molecule has 0 amide bonds. The van der Waals surface area contributed by atoms with E-state index in [-0.39, 0.29) is 5.92 Å². The number of nitrogens with two attached hydrogens (primary N) is 1. The zero-order valence-corrected chi connectivity index (χ0v) is 8.36. The second-order valence-electron chi connectivity index (χ2n) is 3.73. The van der Waals surface area contributed by atoms with Crippen LogP contribution in [-0.4, -0.2) is 27.2 Å². The minimum atomic E-state index is 0.231. The van der Waals surface area contributed by atoms with Crippen LogP contribution < -0.4 is 5.73 Å². The second kappa shape index (κ2) is 4.32. The molecule has 74 valence electrons. The van der Waals surface area contributed by atoms with Gasteiger partial charge in [-0.1, -0.05) is 20.8 Å². The van der Waals surface area contributed by atoms with Crippen LogP contribution in [0.25, 0.3) is 0 Å². The Morgan fingerprint density at radius 1 is 1.38 bits per heavy atom. The van der Waals surface area contributed by atoms with Crippen LogP contribution in [0.3, 0.4) is 0 Å². The Labute approximate surface area is 78.1 Å². The van der Waals surface area contributed by atoms with E-state index in [0.29, 0.717) is 18.4 Å². The van der Waals surface area contributed by atoms with E-state index in [4.69, 9.17) is 5.73 Å². The molecule has 0 radical (unpaired) electrons. The van der Waals surface area contributed by atoms with Gasteiger partial charge in [-0.2, -0.15) is 0 Å². The van der Waals surface area contributed by atoms with Crippen molar-refractivity contribution in [1.29, 1.82) is 0 Å². The van der Waals surface area contributed by atoms with Crippen molar-refractivity contribution in [2.75, 3.05) is 6.54 Å². The van der Waals surface area contributed by atoms with Gasteiger partial charge in [0, 0.05) is 12.5 Å². The number of nitrogens with one attached hydrogen (secondary N) is 1. The Balaban J connectivity index is 2.74. The molecule has 0 aliphatic heterocycles. The van der Waals surface area contributed by atoms with E-state index in [1.54, 1.807) is 0 Å². The minimum Gasteiger partial charge on any atom is -0.330 e. The molecule has 1 aromatic heterocycles. The van der Waals surface area contributed by atoms with Gasteiger partial charge in [-0.25, -0.2) is 5.10 Å². The van der Waals surface area contributed by atoms with Gasteiger partial charge < -0.3 is 5.73 Å². The fourth-order valence-corrected chi connectivity index (χ4v) is 1.36. The van der Waals surface area contributed by atoms with Crippen LogP contribution in [0.4, 0.5) is 0 Å². The van der Waals surface area contributed by atoms with E-state index in [1.807, 2.05) is 0 Å². The first-order valence-corrected chi connectivity index (χ1v) is 4.60. The molecule has 2 unspecified atom stereocenters. The lowest BCUT2D eigenvalue weighted by atomic mass is 9.84. The molecule has 0 aliphatic rings. The second-order valence-corrected chi connectivity index (χ2v) is 3.73. The van der Waals surface area contributed by atoms with E-state index in [0.717, 1.165) is 5.82 Å². The first-order chi connectivity index (χ1) is 6.16. The van der Waals surface area contributed by atoms with Crippen molar-refractivity contribution in [3.63, 3.8) is 0 Å². The summed E-state index contributed by atoms with van der Waals surface area (Å²) in [7, 11) is 0. The lowest BCUT2D eigenvalue weighted by molar-refractivity contribution is 0.340. The third kappa shape index (κ3) is 2.24. The monoisotopic (exact) mass is 183 g/mol. The van der Waals surface area contributed by atoms with Crippen LogP contribution in [0.5, 0.6) is 0 Å². The maximum Gasteiger partial charge on any atom is 0.153 e. The van der Waals surface area contributed by atoms with Gasteiger partial charge in [-0.15, -0.1) is 5.10 Å². The Bertz CT molecular complexity index is 231. The highest BCUT2D eigenvalue weighted by molar-refractivity contribution is 4.95. The maximum atomic E-state index is 5.69. The normalized spacial score (nSPS) is 16.1. The molecule has 3 N–H and O–H groups in total. The quantitative estimate of drug-likeness (QED) is 0.713. The predicted octanol–water partition coefficient (Wildman–Crippen LogP) is 0.534. The maximum absolute atomic E-state index is 5.69. The summed E-state index contributed by atoms with van der Waals surface area (Å²) in [5.74, 6) is 2.09. The summed E-state index contributed by atoms with van der Waals surface area (Å²) >= 11 is 0. The molecule has 0 fully saturated rings. The largest absolute Gasteiger partial charge is 0.330 e. The zero-order valence-electron chi connectivity index (χ0n) is 8.36. The number of hydrogen-bond acceptors (Lipinski definition) is 4. The molecule has 1 aromatic rings. The topological polar surface area (TPSA) is 80.5 Å². The SMILES string of the molecule is CC(C)C(C)C(CN)c1nnn[nH]1. The number of rotatable bonds is 4. The first-order valence-electron chi connectivity index (χ1n) is 4.60. The average molecular weight is 183 g/mol. The van der Waals surface area contributed by atoms with E-state index < -0.39 is 0 Å². The lowest BCUT2D eigenvalue weighted by Gasteiger charge is -2.22. The summed E-state index contributed by atoms with van der Waals surface area (Å²) in [6.07, 6.45) is 0. The highest BCUT2D eigenvalue weighted by atomic mass is 15.5. The van der Waals surface area contributed by atoms with Gasteiger partial charge in [-0.05, 0) is 22.3 Å². The van der Waals surface area contributed by atoms with Crippen molar-refractivity contribution in [1.82, 2.24) is 20.6 Å². The number of H-pyrrole nitrogens is 1. The molecule has 0 saturated heterocycles. The highest BCUT2D eigenvalue weighted by Gasteiger charge is 2.23.